The Balaban J connectivity index is 1.24. The van der Waals surface area contributed by atoms with Gasteiger partial charge in [0.05, 0.1) is 45.1 Å². The van der Waals surface area contributed by atoms with E-state index in [2.05, 4.69) is 36.9 Å². The zero-order valence-electron chi connectivity index (χ0n) is 24.0. The van der Waals surface area contributed by atoms with Crippen LogP contribution in [-0.4, -0.2) is 44.0 Å². The molecule has 45 heavy (non-hydrogen) atoms. The van der Waals surface area contributed by atoms with E-state index < -0.39 is 11.9 Å². The molecule has 2 aromatic heterocycles. The summed E-state index contributed by atoms with van der Waals surface area (Å²) >= 11 is 12.8. The fourth-order valence-electron chi connectivity index (χ4n) is 5.99. The Hall–Kier alpha value is -4.30. The number of halogens is 4. The summed E-state index contributed by atoms with van der Waals surface area (Å²) < 4.78 is 29.7. The number of anilines is 3. The first-order valence-corrected chi connectivity index (χ1v) is 15.5. The van der Waals surface area contributed by atoms with Crippen LogP contribution in [0.3, 0.4) is 0 Å². The van der Waals surface area contributed by atoms with Crippen LogP contribution in [0, 0.1) is 23.0 Å². The molecule has 0 bridgehead atoms. The molecule has 1 saturated heterocycles. The van der Waals surface area contributed by atoms with Gasteiger partial charge in [-0.05, 0) is 73.7 Å². The van der Waals surface area contributed by atoms with Crippen molar-refractivity contribution in [1.29, 1.82) is 5.26 Å². The molecule has 2 aliphatic rings. The summed E-state index contributed by atoms with van der Waals surface area (Å²) in [6.07, 6.45) is 8.02. The number of fused-ring (bicyclic) bond motifs is 1. The first-order valence-electron chi connectivity index (χ1n) is 14.8. The fraction of sp³-hybridized carbons (Fsp3) is 0.273. The van der Waals surface area contributed by atoms with Gasteiger partial charge in [0.25, 0.3) is 0 Å². The number of pyridine rings is 1. The van der Waals surface area contributed by atoms with Crippen molar-refractivity contribution in [2.45, 2.75) is 43.8 Å². The SMILES string of the molecule is N#Cc1cnc2c(Cl)cc(NC(c3ccc(F)cc3)c3cn(C4CCN(C5CC5)CC4)nn3)cc2c1Nc1ccc(F)c(Cl)c1. The molecule has 0 spiro atoms. The van der Waals surface area contributed by atoms with E-state index in [0.717, 1.165) is 37.5 Å². The summed E-state index contributed by atoms with van der Waals surface area (Å²) in [7, 11) is 0. The van der Waals surface area contributed by atoms with E-state index >= 15 is 0 Å². The monoisotopic (exact) mass is 644 g/mol. The first kappa shape index (κ1) is 29.4. The van der Waals surface area contributed by atoms with Gasteiger partial charge in [-0.1, -0.05) is 40.5 Å². The van der Waals surface area contributed by atoms with E-state index in [-0.39, 0.29) is 22.4 Å². The third-order valence-electron chi connectivity index (χ3n) is 8.51. The number of nitriles is 1. The Kier molecular flexibility index (Phi) is 8.00. The summed E-state index contributed by atoms with van der Waals surface area (Å²) in [6, 6.07) is 16.7. The van der Waals surface area contributed by atoms with Crippen molar-refractivity contribution >= 4 is 51.2 Å². The predicted molar refractivity (Wildman–Crippen MR) is 171 cm³/mol. The maximum absolute atomic E-state index is 13.9. The number of hydrogen-bond donors (Lipinski definition) is 2. The van der Waals surface area contributed by atoms with Crippen molar-refractivity contribution in [2.24, 2.45) is 0 Å². The minimum Gasteiger partial charge on any atom is -0.373 e. The Morgan fingerprint density at radius 3 is 2.38 bits per heavy atom. The van der Waals surface area contributed by atoms with Crippen LogP contribution in [0.1, 0.15) is 54.6 Å². The largest absolute Gasteiger partial charge is 0.373 e. The second kappa shape index (κ2) is 12.2. The van der Waals surface area contributed by atoms with E-state index in [1.165, 1.54) is 49.4 Å². The molecule has 3 aromatic carbocycles. The van der Waals surface area contributed by atoms with Gasteiger partial charge in [0, 0.05) is 42.1 Å². The third-order valence-corrected chi connectivity index (χ3v) is 9.09. The van der Waals surface area contributed by atoms with Crippen LogP contribution in [0.25, 0.3) is 10.9 Å². The molecule has 7 rings (SSSR count). The molecule has 3 heterocycles. The molecule has 2 N–H and O–H groups in total. The quantitative estimate of drug-likeness (QED) is 0.177. The van der Waals surface area contributed by atoms with Crippen LogP contribution in [0.5, 0.6) is 0 Å². The van der Waals surface area contributed by atoms with Crippen molar-refractivity contribution < 1.29 is 8.78 Å². The number of rotatable bonds is 8. The molecule has 1 unspecified atom stereocenters. The van der Waals surface area contributed by atoms with Gasteiger partial charge in [0.2, 0.25) is 0 Å². The Bertz CT molecular complexity index is 1910. The molecule has 2 fully saturated rings. The van der Waals surface area contributed by atoms with Crippen molar-refractivity contribution in [3.05, 3.63) is 105 Å². The lowest BCUT2D eigenvalue weighted by Gasteiger charge is -2.31. The summed E-state index contributed by atoms with van der Waals surface area (Å²) in [5.41, 5.74) is 3.74. The zero-order valence-corrected chi connectivity index (χ0v) is 25.5. The number of aromatic nitrogens is 4. The molecule has 0 radical (unpaired) electrons. The van der Waals surface area contributed by atoms with Crippen LogP contribution in [-0.2, 0) is 0 Å². The van der Waals surface area contributed by atoms with Crippen molar-refractivity contribution in [3.8, 4) is 6.07 Å². The van der Waals surface area contributed by atoms with E-state index in [1.54, 1.807) is 18.2 Å². The van der Waals surface area contributed by atoms with Gasteiger partial charge in [-0.3, -0.25) is 4.98 Å². The van der Waals surface area contributed by atoms with E-state index in [4.69, 9.17) is 23.2 Å². The molecular weight excluding hydrogens is 617 g/mol. The van der Waals surface area contributed by atoms with Gasteiger partial charge >= 0.3 is 0 Å². The number of nitrogens with one attached hydrogen (secondary N) is 2. The highest BCUT2D eigenvalue weighted by atomic mass is 35.5. The average Bonchev–Trinajstić information content (AvgIpc) is 3.79. The van der Waals surface area contributed by atoms with Crippen LogP contribution in [0.15, 0.2) is 67.0 Å². The number of nitrogens with zero attached hydrogens (tertiary/aromatic N) is 6. The second-order valence-electron chi connectivity index (χ2n) is 11.5. The van der Waals surface area contributed by atoms with Crippen molar-refractivity contribution in [1.82, 2.24) is 24.9 Å². The number of piperidine rings is 1. The maximum atomic E-state index is 13.9. The number of benzene rings is 3. The average molecular weight is 646 g/mol. The zero-order chi connectivity index (χ0) is 31.1. The Morgan fingerprint density at radius 1 is 0.911 bits per heavy atom. The highest BCUT2D eigenvalue weighted by molar-refractivity contribution is 6.36. The number of hydrogen-bond acceptors (Lipinski definition) is 7. The summed E-state index contributed by atoms with van der Waals surface area (Å²) in [5.74, 6) is -0.895. The van der Waals surface area contributed by atoms with Crippen LogP contribution >= 0.6 is 23.2 Å². The number of likely N-dealkylation sites (tertiary alicyclic amines) is 1. The molecule has 228 valence electrons. The normalized spacial score (nSPS) is 16.4. The Labute approximate surface area is 268 Å². The highest BCUT2D eigenvalue weighted by Gasteiger charge is 2.33. The maximum Gasteiger partial charge on any atom is 0.141 e. The Morgan fingerprint density at radius 2 is 1.67 bits per heavy atom. The lowest BCUT2D eigenvalue weighted by atomic mass is 10.0. The predicted octanol–water partition coefficient (Wildman–Crippen LogP) is 8.03. The molecular formula is C33H28Cl2F2N8. The molecule has 1 atom stereocenters. The molecule has 8 nitrogen and oxygen atoms in total. The lowest BCUT2D eigenvalue weighted by molar-refractivity contribution is 0.171. The molecule has 1 aliphatic carbocycles. The molecule has 1 saturated carbocycles. The first-order chi connectivity index (χ1) is 21.9. The summed E-state index contributed by atoms with van der Waals surface area (Å²) in [4.78, 5) is 7.00. The third kappa shape index (κ3) is 6.16. The van der Waals surface area contributed by atoms with Gasteiger partial charge in [-0.15, -0.1) is 5.10 Å². The smallest absolute Gasteiger partial charge is 0.141 e. The summed E-state index contributed by atoms with van der Waals surface area (Å²) in [6.45, 7) is 2.11. The van der Waals surface area contributed by atoms with Crippen molar-refractivity contribution in [2.75, 3.05) is 23.7 Å². The lowest BCUT2D eigenvalue weighted by Crippen LogP contribution is -2.36. The molecule has 1 aliphatic heterocycles. The van der Waals surface area contributed by atoms with E-state index in [0.29, 0.717) is 38.7 Å². The van der Waals surface area contributed by atoms with E-state index in [1.807, 2.05) is 16.9 Å². The highest BCUT2D eigenvalue weighted by Crippen LogP contribution is 2.38. The van der Waals surface area contributed by atoms with Gasteiger partial charge in [-0.25, -0.2) is 13.5 Å². The van der Waals surface area contributed by atoms with Gasteiger partial charge in [-0.2, -0.15) is 5.26 Å². The van der Waals surface area contributed by atoms with Crippen molar-refractivity contribution in [3.63, 3.8) is 0 Å². The standard InChI is InChI=1S/C33H28Cl2F2N8/c34-27-14-22(5-8-29(27)37)40-31-20(16-38)17-39-33-26(31)13-23(15-28(33)35)41-32(19-1-3-21(36)4-2-19)30-18-45(43-42-30)25-9-11-44(12-10-25)24-6-7-24/h1-5,8,13-15,17-18,24-25,32,41H,6-7,9-12H2,(H,39,40). The van der Waals surface area contributed by atoms with Crippen LogP contribution < -0.4 is 10.6 Å². The molecule has 5 aromatic rings. The molecule has 12 heteroatoms. The summed E-state index contributed by atoms with van der Waals surface area (Å²) in [5, 5.41) is 26.5. The van der Waals surface area contributed by atoms with Gasteiger partial charge in [0.1, 0.15) is 23.4 Å². The topological polar surface area (TPSA) is 94.7 Å². The minimum atomic E-state index is -0.552. The second-order valence-corrected chi connectivity index (χ2v) is 12.3. The van der Waals surface area contributed by atoms with Gasteiger partial charge in [0.15, 0.2) is 0 Å². The fourth-order valence-corrected chi connectivity index (χ4v) is 6.44. The van der Waals surface area contributed by atoms with E-state index in [9.17, 15) is 14.0 Å². The minimum absolute atomic E-state index is 0.0547. The molecule has 0 amide bonds. The van der Waals surface area contributed by atoms with Crippen LogP contribution in [0.4, 0.5) is 25.8 Å². The van der Waals surface area contributed by atoms with Gasteiger partial charge < -0.3 is 15.5 Å². The van der Waals surface area contributed by atoms with Crippen LogP contribution in [0.2, 0.25) is 10.0 Å².